The van der Waals surface area contributed by atoms with Crippen LogP contribution in [0.3, 0.4) is 0 Å². The lowest BCUT2D eigenvalue weighted by Crippen LogP contribution is -2.25. The molecule has 0 unspecified atom stereocenters. The van der Waals surface area contributed by atoms with E-state index < -0.39 is 10.0 Å². The van der Waals surface area contributed by atoms with Crippen molar-refractivity contribution in [2.75, 3.05) is 33.7 Å². The molecule has 5 nitrogen and oxygen atoms in total. The quantitative estimate of drug-likeness (QED) is 0.641. The molecular weight excluding hydrogens is 286 g/mol. The predicted octanol–water partition coefficient (Wildman–Crippen LogP) is 1.42. The lowest BCUT2D eigenvalue weighted by Gasteiger charge is -2.10. The van der Waals surface area contributed by atoms with Crippen LogP contribution in [-0.4, -0.2) is 47.0 Å². The van der Waals surface area contributed by atoms with Crippen LogP contribution in [0.25, 0.3) is 0 Å². The van der Waals surface area contributed by atoms with Crippen molar-refractivity contribution in [1.29, 1.82) is 0 Å². The van der Waals surface area contributed by atoms with Gasteiger partial charge in [-0.1, -0.05) is 19.1 Å². The van der Waals surface area contributed by atoms with Crippen LogP contribution in [0, 0.1) is 0 Å². The third-order valence-corrected chi connectivity index (χ3v) is 4.57. The summed E-state index contributed by atoms with van der Waals surface area (Å²) in [6.07, 6.45) is 1.82. The van der Waals surface area contributed by atoms with E-state index in [4.69, 9.17) is 0 Å². The van der Waals surface area contributed by atoms with Crippen LogP contribution in [-0.2, 0) is 16.6 Å². The van der Waals surface area contributed by atoms with E-state index in [-0.39, 0.29) is 0 Å². The van der Waals surface area contributed by atoms with Crippen molar-refractivity contribution in [1.82, 2.24) is 14.9 Å². The second kappa shape index (κ2) is 9.15. The smallest absolute Gasteiger partial charge is 0.240 e. The molecule has 1 aromatic rings. The van der Waals surface area contributed by atoms with E-state index in [1.165, 1.54) is 0 Å². The van der Waals surface area contributed by atoms with Gasteiger partial charge in [-0.3, -0.25) is 0 Å². The first kappa shape index (κ1) is 18.1. The molecule has 0 saturated carbocycles. The summed E-state index contributed by atoms with van der Waals surface area (Å²) in [6.45, 7) is 5.02. The molecular formula is C15H27N3O2S. The van der Waals surface area contributed by atoms with Gasteiger partial charge in [0.25, 0.3) is 0 Å². The van der Waals surface area contributed by atoms with E-state index in [9.17, 15) is 8.42 Å². The van der Waals surface area contributed by atoms with Crippen LogP contribution >= 0.6 is 0 Å². The Bertz CT molecular complexity index is 515. The highest BCUT2D eigenvalue weighted by atomic mass is 32.2. The van der Waals surface area contributed by atoms with E-state index >= 15 is 0 Å². The van der Waals surface area contributed by atoms with Crippen molar-refractivity contribution in [2.45, 2.75) is 31.2 Å². The Morgan fingerprint density at radius 1 is 1.19 bits per heavy atom. The van der Waals surface area contributed by atoms with Crippen LogP contribution in [0.15, 0.2) is 29.2 Å². The lowest BCUT2D eigenvalue weighted by molar-refractivity contribution is 0.394. The van der Waals surface area contributed by atoms with Crippen LogP contribution in [0.5, 0.6) is 0 Å². The molecule has 0 saturated heterocycles. The summed E-state index contributed by atoms with van der Waals surface area (Å²) in [6, 6.07) is 7.08. The monoisotopic (exact) mass is 313 g/mol. The summed E-state index contributed by atoms with van der Waals surface area (Å²) in [7, 11) is 0.628. The number of nitrogens with one attached hydrogen (secondary N) is 2. The topological polar surface area (TPSA) is 61.4 Å². The fourth-order valence-corrected chi connectivity index (χ4v) is 3.08. The fraction of sp³-hybridized carbons (Fsp3) is 0.600. The number of unbranched alkanes of at least 4 members (excludes halogenated alkanes) is 1. The zero-order chi connectivity index (χ0) is 15.7. The summed E-state index contributed by atoms with van der Waals surface area (Å²) in [5.41, 5.74) is 0.979. The molecule has 21 heavy (non-hydrogen) atoms. The van der Waals surface area contributed by atoms with Gasteiger partial charge in [0.15, 0.2) is 0 Å². The van der Waals surface area contributed by atoms with Gasteiger partial charge >= 0.3 is 0 Å². The maximum Gasteiger partial charge on any atom is 0.240 e. The van der Waals surface area contributed by atoms with Crippen molar-refractivity contribution < 1.29 is 8.42 Å². The van der Waals surface area contributed by atoms with Crippen molar-refractivity contribution in [2.24, 2.45) is 0 Å². The van der Waals surface area contributed by atoms with Gasteiger partial charge in [0.2, 0.25) is 10.0 Å². The zero-order valence-electron chi connectivity index (χ0n) is 13.2. The second-order valence-corrected chi connectivity index (χ2v) is 7.10. The van der Waals surface area contributed by atoms with E-state index in [2.05, 4.69) is 14.9 Å². The van der Waals surface area contributed by atoms with Gasteiger partial charge in [0, 0.05) is 13.1 Å². The highest BCUT2D eigenvalue weighted by molar-refractivity contribution is 7.89. The number of rotatable bonds is 10. The minimum atomic E-state index is -3.40. The van der Waals surface area contributed by atoms with Gasteiger partial charge in [-0.25, -0.2) is 13.1 Å². The molecule has 0 aliphatic heterocycles. The number of benzene rings is 1. The van der Waals surface area contributed by atoms with E-state index in [1.807, 2.05) is 27.1 Å². The Morgan fingerprint density at radius 3 is 2.62 bits per heavy atom. The molecule has 0 heterocycles. The standard InChI is InChI=1S/C15H27N3O2S/c1-4-16-13-14-8-7-9-15(12-14)21(19,20)17-10-5-6-11-18(2)3/h7-9,12,16-17H,4-6,10-11,13H2,1-3H3. The third-order valence-electron chi connectivity index (χ3n) is 3.11. The van der Waals surface area contributed by atoms with Crippen LogP contribution in [0.1, 0.15) is 25.3 Å². The first-order valence-corrected chi connectivity index (χ1v) is 8.88. The Morgan fingerprint density at radius 2 is 1.95 bits per heavy atom. The molecule has 6 heteroatoms. The molecule has 0 spiro atoms. The van der Waals surface area contributed by atoms with Crippen molar-refractivity contribution >= 4 is 10.0 Å². The largest absolute Gasteiger partial charge is 0.313 e. The summed E-state index contributed by atoms with van der Waals surface area (Å²) in [5, 5.41) is 3.19. The van der Waals surface area contributed by atoms with Gasteiger partial charge in [-0.2, -0.15) is 0 Å². The number of hydrogen-bond donors (Lipinski definition) is 2. The van der Waals surface area contributed by atoms with Crippen LogP contribution < -0.4 is 10.0 Å². The minimum absolute atomic E-state index is 0.338. The molecule has 1 aromatic carbocycles. The van der Waals surface area contributed by atoms with Crippen molar-refractivity contribution in [3.05, 3.63) is 29.8 Å². The second-order valence-electron chi connectivity index (χ2n) is 5.34. The van der Waals surface area contributed by atoms with E-state index in [0.29, 0.717) is 18.0 Å². The third kappa shape index (κ3) is 7.04. The lowest BCUT2D eigenvalue weighted by atomic mass is 10.2. The summed E-state index contributed by atoms with van der Waals surface area (Å²) < 4.78 is 27.1. The van der Waals surface area contributed by atoms with Crippen molar-refractivity contribution in [3.63, 3.8) is 0 Å². The Labute approximate surface area is 128 Å². The van der Waals surface area contributed by atoms with Gasteiger partial charge in [0.05, 0.1) is 4.90 Å². The normalized spacial score (nSPS) is 12.0. The average Bonchev–Trinajstić information content (AvgIpc) is 2.44. The predicted molar refractivity (Wildman–Crippen MR) is 86.8 cm³/mol. The first-order valence-electron chi connectivity index (χ1n) is 7.39. The summed E-state index contributed by atoms with van der Waals surface area (Å²) in [4.78, 5) is 2.43. The van der Waals surface area contributed by atoms with E-state index in [1.54, 1.807) is 18.2 Å². The van der Waals surface area contributed by atoms with Gasteiger partial charge < -0.3 is 10.2 Å². The molecule has 0 aliphatic rings. The first-order chi connectivity index (χ1) is 9.95. The molecule has 0 aromatic heterocycles. The van der Waals surface area contributed by atoms with Gasteiger partial charge in [-0.05, 0) is 57.7 Å². The Kier molecular flexibility index (Phi) is 7.88. The molecule has 2 N–H and O–H groups in total. The molecule has 0 amide bonds. The maximum atomic E-state index is 12.2. The minimum Gasteiger partial charge on any atom is -0.313 e. The molecule has 0 radical (unpaired) electrons. The molecule has 0 bridgehead atoms. The Balaban J connectivity index is 2.53. The summed E-state index contributed by atoms with van der Waals surface area (Å²) in [5.74, 6) is 0. The Hall–Kier alpha value is -0.950. The summed E-state index contributed by atoms with van der Waals surface area (Å²) >= 11 is 0. The average molecular weight is 313 g/mol. The van der Waals surface area contributed by atoms with Crippen molar-refractivity contribution in [3.8, 4) is 0 Å². The van der Waals surface area contributed by atoms with Crippen LogP contribution in [0.2, 0.25) is 0 Å². The highest BCUT2D eigenvalue weighted by Gasteiger charge is 2.13. The number of sulfonamides is 1. The van der Waals surface area contributed by atoms with E-state index in [0.717, 1.165) is 31.5 Å². The number of hydrogen-bond acceptors (Lipinski definition) is 4. The van der Waals surface area contributed by atoms with Gasteiger partial charge in [0.1, 0.15) is 0 Å². The van der Waals surface area contributed by atoms with Gasteiger partial charge in [-0.15, -0.1) is 0 Å². The highest BCUT2D eigenvalue weighted by Crippen LogP contribution is 2.11. The molecule has 0 atom stereocenters. The fourth-order valence-electron chi connectivity index (χ4n) is 1.93. The molecule has 120 valence electrons. The molecule has 1 rings (SSSR count). The molecule has 0 aliphatic carbocycles. The number of nitrogens with zero attached hydrogens (tertiary/aromatic N) is 1. The SMILES string of the molecule is CCNCc1cccc(S(=O)(=O)NCCCCN(C)C)c1. The molecule has 0 fully saturated rings. The van der Waals surface area contributed by atoms with Crippen LogP contribution in [0.4, 0.5) is 0 Å². The maximum absolute atomic E-state index is 12.2. The zero-order valence-corrected chi connectivity index (χ0v) is 14.0.